The van der Waals surface area contributed by atoms with Gasteiger partial charge in [-0.25, -0.2) is 4.39 Å². The molecule has 20 heavy (non-hydrogen) atoms. The van der Waals surface area contributed by atoms with Gasteiger partial charge in [-0.3, -0.25) is 9.29 Å². The van der Waals surface area contributed by atoms with Gasteiger partial charge in [0.15, 0.2) is 11.6 Å². The van der Waals surface area contributed by atoms with Crippen molar-refractivity contribution in [1.29, 1.82) is 0 Å². The first kappa shape index (κ1) is 17.1. The van der Waals surface area contributed by atoms with Gasteiger partial charge >= 0.3 is 0 Å². The number of nitrogens with zero attached hydrogens (tertiary/aromatic N) is 1. The minimum absolute atomic E-state index is 0. The Hall–Kier alpha value is -0.910. The summed E-state index contributed by atoms with van der Waals surface area (Å²) in [5, 5.41) is 3.26. The minimum atomic E-state index is -0.401. The lowest BCUT2D eigenvalue weighted by molar-refractivity contribution is 0.157. The molecule has 2 rings (SSSR count). The van der Waals surface area contributed by atoms with Crippen molar-refractivity contribution in [3.8, 4) is 5.75 Å². The zero-order valence-corrected chi connectivity index (χ0v) is 12.4. The second-order valence-electron chi connectivity index (χ2n) is 4.67. The summed E-state index contributed by atoms with van der Waals surface area (Å²) in [6, 6.07) is 4.83. The van der Waals surface area contributed by atoms with Crippen LogP contribution in [-0.2, 0) is 0 Å². The predicted octanol–water partition coefficient (Wildman–Crippen LogP) is 2.56. The van der Waals surface area contributed by atoms with E-state index in [9.17, 15) is 8.78 Å². The van der Waals surface area contributed by atoms with Crippen LogP contribution in [0.25, 0.3) is 0 Å². The van der Waals surface area contributed by atoms with Crippen LogP contribution in [0.4, 0.5) is 8.78 Å². The Morgan fingerprint density at radius 3 is 2.60 bits per heavy atom. The fraction of sp³-hybridized carbons (Fsp3) is 0.571. The van der Waals surface area contributed by atoms with Crippen molar-refractivity contribution >= 4 is 12.4 Å². The molecule has 114 valence electrons. The van der Waals surface area contributed by atoms with Crippen LogP contribution < -0.4 is 10.1 Å². The fourth-order valence-corrected chi connectivity index (χ4v) is 2.55. The Morgan fingerprint density at radius 1 is 1.35 bits per heavy atom. The molecule has 1 saturated heterocycles. The van der Waals surface area contributed by atoms with Crippen molar-refractivity contribution in [3.63, 3.8) is 0 Å². The van der Waals surface area contributed by atoms with E-state index in [1.165, 1.54) is 13.2 Å². The van der Waals surface area contributed by atoms with Gasteiger partial charge in [0.05, 0.1) is 13.8 Å². The molecule has 0 amide bonds. The van der Waals surface area contributed by atoms with Gasteiger partial charge in [-0.05, 0) is 24.1 Å². The highest BCUT2D eigenvalue weighted by molar-refractivity contribution is 5.85. The van der Waals surface area contributed by atoms with Crippen molar-refractivity contribution in [2.24, 2.45) is 0 Å². The van der Waals surface area contributed by atoms with Gasteiger partial charge in [0.2, 0.25) is 0 Å². The molecule has 3 nitrogen and oxygen atoms in total. The lowest BCUT2D eigenvalue weighted by atomic mass is 10.0. The van der Waals surface area contributed by atoms with Crippen molar-refractivity contribution in [2.45, 2.75) is 12.5 Å². The van der Waals surface area contributed by atoms with E-state index in [0.717, 1.165) is 31.7 Å². The fourth-order valence-electron chi connectivity index (χ4n) is 2.55. The second-order valence-corrected chi connectivity index (χ2v) is 4.67. The van der Waals surface area contributed by atoms with E-state index in [-0.39, 0.29) is 30.0 Å². The first-order valence-corrected chi connectivity index (χ1v) is 6.60. The van der Waals surface area contributed by atoms with Crippen LogP contribution in [0, 0.1) is 5.82 Å². The van der Waals surface area contributed by atoms with Crippen molar-refractivity contribution < 1.29 is 13.5 Å². The average molecular weight is 307 g/mol. The smallest absolute Gasteiger partial charge is 0.165 e. The van der Waals surface area contributed by atoms with Gasteiger partial charge in [0, 0.05) is 32.2 Å². The topological polar surface area (TPSA) is 24.5 Å². The molecule has 1 atom stereocenters. The monoisotopic (exact) mass is 306 g/mol. The molecule has 1 N–H and O–H groups in total. The van der Waals surface area contributed by atoms with Crippen LogP contribution in [0.1, 0.15) is 18.0 Å². The lowest BCUT2D eigenvalue weighted by Crippen LogP contribution is -2.45. The highest BCUT2D eigenvalue weighted by Gasteiger charge is 2.22. The molecule has 6 heteroatoms. The molecule has 0 bridgehead atoms. The normalized spacial score (nSPS) is 17.4. The first-order valence-electron chi connectivity index (χ1n) is 6.60. The standard InChI is InChI=1S/C14H20F2N2O.ClH/c1-19-14-3-2-11(10-12(14)16)13(4-5-15)18-8-6-17-7-9-18;/h2-3,10,13,17H,4-9H2,1H3;1H/t13-;/m1./s1. The van der Waals surface area contributed by atoms with E-state index < -0.39 is 6.67 Å². The van der Waals surface area contributed by atoms with Crippen LogP contribution in [0.3, 0.4) is 0 Å². The molecule has 1 aromatic rings. The summed E-state index contributed by atoms with van der Waals surface area (Å²) in [7, 11) is 1.44. The number of ether oxygens (including phenoxy) is 1. The van der Waals surface area contributed by atoms with E-state index in [4.69, 9.17) is 4.74 Å². The van der Waals surface area contributed by atoms with Crippen LogP contribution in [0.15, 0.2) is 18.2 Å². The van der Waals surface area contributed by atoms with Crippen LogP contribution in [0.5, 0.6) is 5.75 Å². The number of rotatable bonds is 5. The Morgan fingerprint density at radius 2 is 2.05 bits per heavy atom. The van der Waals surface area contributed by atoms with E-state index in [0.29, 0.717) is 6.42 Å². The first-order chi connectivity index (χ1) is 9.26. The Balaban J connectivity index is 0.00000200. The number of hydrogen-bond donors (Lipinski definition) is 1. The Bertz CT molecular complexity index is 414. The number of nitrogens with one attached hydrogen (secondary N) is 1. The van der Waals surface area contributed by atoms with Gasteiger partial charge in [0.25, 0.3) is 0 Å². The number of alkyl halides is 1. The molecule has 1 fully saturated rings. The molecule has 0 aliphatic carbocycles. The number of hydrogen-bond acceptors (Lipinski definition) is 3. The summed E-state index contributed by atoms with van der Waals surface area (Å²) < 4.78 is 31.5. The molecule has 0 radical (unpaired) electrons. The lowest BCUT2D eigenvalue weighted by Gasteiger charge is -2.35. The quantitative estimate of drug-likeness (QED) is 0.905. The zero-order valence-electron chi connectivity index (χ0n) is 11.6. The number of benzene rings is 1. The second kappa shape index (κ2) is 8.39. The molecule has 1 aliphatic rings. The van der Waals surface area contributed by atoms with Crippen LogP contribution >= 0.6 is 12.4 Å². The predicted molar refractivity (Wildman–Crippen MR) is 78.0 cm³/mol. The van der Waals surface area contributed by atoms with Crippen molar-refractivity contribution in [3.05, 3.63) is 29.6 Å². The maximum absolute atomic E-state index is 13.8. The molecule has 1 aliphatic heterocycles. The Labute approximate surface area is 124 Å². The summed E-state index contributed by atoms with van der Waals surface area (Å²) in [5.41, 5.74) is 0.817. The third-order valence-corrected chi connectivity index (χ3v) is 3.54. The van der Waals surface area contributed by atoms with Gasteiger partial charge < -0.3 is 10.1 Å². The maximum Gasteiger partial charge on any atom is 0.165 e. The summed E-state index contributed by atoms with van der Waals surface area (Å²) in [4.78, 5) is 2.21. The van der Waals surface area contributed by atoms with Gasteiger partial charge in [-0.2, -0.15) is 0 Å². The third-order valence-electron chi connectivity index (χ3n) is 3.54. The molecular formula is C14H21ClF2N2O. The third kappa shape index (κ3) is 4.04. The average Bonchev–Trinajstić information content (AvgIpc) is 2.45. The van der Waals surface area contributed by atoms with Gasteiger partial charge in [-0.1, -0.05) is 6.07 Å². The maximum atomic E-state index is 13.8. The van der Waals surface area contributed by atoms with Crippen LogP contribution in [-0.4, -0.2) is 44.9 Å². The summed E-state index contributed by atoms with van der Waals surface area (Å²) in [6.45, 7) is 3.10. The van der Waals surface area contributed by atoms with Crippen molar-refractivity contribution in [1.82, 2.24) is 10.2 Å². The van der Waals surface area contributed by atoms with Crippen LogP contribution in [0.2, 0.25) is 0 Å². The summed E-state index contributed by atoms with van der Waals surface area (Å²) in [6.07, 6.45) is 0.395. The zero-order chi connectivity index (χ0) is 13.7. The summed E-state index contributed by atoms with van der Waals surface area (Å²) in [5.74, 6) is -0.165. The SMILES string of the molecule is COc1ccc([C@@H](CCF)N2CCNCC2)cc1F.Cl. The highest BCUT2D eigenvalue weighted by atomic mass is 35.5. The molecule has 0 saturated carbocycles. The molecular weight excluding hydrogens is 286 g/mol. The van der Waals surface area contributed by atoms with E-state index in [1.54, 1.807) is 6.07 Å². The van der Waals surface area contributed by atoms with E-state index in [1.807, 2.05) is 6.07 Å². The number of methoxy groups -OCH3 is 1. The largest absolute Gasteiger partial charge is 0.494 e. The van der Waals surface area contributed by atoms with Gasteiger partial charge in [0.1, 0.15) is 0 Å². The van der Waals surface area contributed by atoms with E-state index in [2.05, 4.69) is 10.2 Å². The Kier molecular flexibility index (Phi) is 7.19. The van der Waals surface area contributed by atoms with Crippen molar-refractivity contribution in [2.75, 3.05) is 40.0 Å². The molecule has 0 unspecified atom stereocenters. The number of piperazine rings is 1. The summed E-state index contributed by atoms with van der Waals surface area (Å²) >= 11 is 0. The molecule has 0 aromatic heterocycles. The molecule has 1 heterocycles. The minimum Gasteiger partial charge on any atom is -0.494 e. The van der Waals surface area contributed by atoms with E-state index >= 15 is 0 Å². The molecule has 0 spiro atoms. The van der Waals surface area contributed by atoms with Gasteiger partial charge in [-0.15, -0.1) is 12.4 Å². The number of halogens is 3. The highest BCUT2D eigenvalue weighted by Crippen LogP contribution is 2.28. The molecule has 1 aromatic carbocycles.